The largest absolute Gasteiger partial charge is 0.488 e. The SMILES string of the molecule is C.C.C[Si](C)(C)CCOCn1c(O[C@H]2CO[C@@H]3COC(c4ccccc4)O[C@H]3C2)nc2nc(I)c(Cl)cc21.C[Si](C)(C)CCOCn1c(S(C)(=O)=O)nc2nc(I)c(Cl)cc21.OB(O)c1ccc(-c2ccc(Br)cc2)cc1.O[C@H]1CO[C@@H]2COC(c3ccccc3)O[C@H]2C1. The van der Waals surface area contributed by atoms with Crippen molar-refractivity contribution in [2.75, 3.05) is 45.9 Å². The third kappa shape index (κ3) is 22.2. The van der Waals surface area contributed by atoms with E-state index in [1.807, 2.05) is 130 Å². The second-order valence-electron chi connectivity index (χ2n) is 24.9. The molecule has 0 bridgehead atoms. The molecule has 0 spiro atoms. The van der Waals surface area contributed by atoms with Gasteiger partial charge in [0.05, 0.1) is 65.8 Å². The summed E-state index contributed by atoms with van der Waals surface area (Å²) in [5.41, 5.74) is 6.93. The lowest BCUT2D eigenvalue weighted by molar-refractivity contribution is -0.288. The van der Waals surface area contributed by atoms with E-state index in [1.54, 1.807) is 18.2 Å². The summed E-state index contributed by atoms with van der Waals surface area (Å²) >= 11 is 20.0. The van der Waals surface area contributed by atoms with E-state index < -0.39 is 45.5 Å². The summed E-state index contributed by atoms with van der Waals surface area (Å²) in [7, 11) is -7.30. The summed E-state index contributed by atoms with van der Waals surface area (Å²) in [6, 6.07) is 41.0. The van der Waals surface area contributed by atoms with E-state index in [2.05, 4.69) is 97.7 Å². The highest BCUT2D eigenvalue weighted by atomic mass is 127. The Morgan fingerprint density at radius 3 is 1.56 bits per heavy atom. The van der Waals surface area contributed by atoms with Crippen LogP contribution in [0, 0.1) is 7.40 Å². The summed E-state index contributed by atoms with van der Waals surface area (Å²) < 4.78 is 83.0. The normalized spacial score (nSPS) is 21.1. The van der Waals surface area contributed by atoms with Gasteiger partial charge in [-0.2, -0.15) is 9.97 Å². The molecule has 29 heteroatoms. The average molecular weight is 1680 g/mol. The standard InChI is InChI=1S/C25H31ClIN3O5Si.C13H19ClIN3O3SSi.C13H16O4.C12H10BBrO2.2CH4/c1-36(2,3)10-9-31-15-30-19-12-18(26)22(27)28-23(19)29-25(30)34-17-11-20-21(32-13-17)14-33-24(35-20)16-7-5-4-6-8-16;1-22(19,20)13-17-12-10(7-9(14)11(15)16-12)18(13)8-21-5-6-23(2,3)4;14-10-6-11-12(15-7-10)8-16-13(17-11)9-4-2-1-3-5-9;14-12-7-3-10(4-8-12)9-1-5-11(6-2-9)13(15)16;;/h4-8,12,17,20-21,24H,9-11,13-15H2,1-3H3;7H,5-6,8H2,1-4H3;1-5,10-14H,6-8H2;1-8,15-16H;2*1H4/t17-,20+,21-,24?;;10-,11+,12-,13?;;;/m1.1.../s1. The van der Waals surface area contributed by atoms with Crippen molar-refractivity contribution in [3.05, 3.63) is 154 Å². The summed E-state index contributed by atoms with van der Waals surface area (Å²) in [4.78, 5) is 17.6. The first-order chi connectivity index (χ1) is 43.7. The maximum atomic E-state index is 12.0. The van der Waals surface area contributed by atoms with Crippen molar-refractivity contribution >= 4 is 145 Å². The Morgan fingerprint density at radius 1 is 0.617 bits per heavy atom. The Hall–Kier alpha value is -3.55. The number of nitrogens with zero attached hydrogens (tertiary/aromatic N) is 6. The Kier molecular flexibility index (Phi) is 29.4. The number of aromatic nitrogens is 6. The van der Waals surface area contributed by atoms with E-state index in [-0.39, 0.29) is 63.6 Å². The number of aliphatic hydroxyl groups is 1. The second kappa shape index (κ2) is 35.5. The number of sulfone groups is 1. The Bertz CT molecular complexity index is 3810. The number of imidazole rings is 2. The Balaban J connectivity index is 0.000000187. The fourth-order valence-corrected chi connectivity index (χ4v) is 13.6. The third-order valence-corrected chi connectivity index (χ3v) is 22.8. The highest BCUT2D eigenvalue weighted by Crippen LogP contribution is 2.36. The van der Waals surface area contributed by atoms with Crippen LogP contribution in [0.25, 0.3) is 33.5 Å². The van der Waals surface area contributed by atoms with Gasteiger partial charge in [0, 0.05) is 64.1 Å². The van der Waals surface area contributed by atoms with E-state index in [4.69, 9.17) is 75.9 Å². The van der Waals surface area contributed by atoms with Crippen LogP contribution in [0.4, 0.5) is 0 Å². The molecule has 3 N–H and O–H groups in total. The minimum absolute atomic E-state index is 0. The van der Waals surface area contributed by atoms with Gasteiger partial charge in [0.2, 0.25) is 15.0 Å². The molecular formula is C65H84BBrCl2I2N6O14SSi2. The first kappa shape index (κ1) is 77.8. The lowest BCUT2D eigenvalue weighted by Gasteiger charge is -2.41. The number of hydrogen-bond acceptors (Lipinski definition) is 18. The number of ether oxygens (including phenoxy) is 9. The molecule has 4 aromatic carbocycles. The van der Waals surface area contributed by atoms with Crippen LogP contribution in [0.15, 0.2) is 131 Å². The lowest BCUT2D eigenvalue weighted by atomic mass is 9.80. The van der Waals surface area contributed by atoms with Crippen LogP contribution < -0.4 is 10.2 Å². The summed E-state index contributed by atoms with van der Waals surface area (Å²) in [5, 5.41) is 28.5. The summed E-state index contributed by atoms with van der Waals surface area (Å²) in [6.45, 7) is 17.3. The zero-order valence-electron chi connectivity index (χ0n) is 52.0. The zero-order chi connectivity index (χ0) is 65.9. The van der Waals surface area contributed by atoms with Crippen LogP contribution in [0.5, 0.6) is 6.01 Å². The lowest BCUT2D eigenvalue weighted by Crippen LogP contribution is -2.50. The number of rotatable bonds is 17. The average Bonchev–Trinajstić information content (AvgIpc) is 1.62. The quantitative estimate of drug-likeness (QED) is 0.0332. The molecule has 12 rings (SSSR count). The number of aliphatic hydroxyl groups excluding tert-OH is 1. The number of pyridine rings is 2. The molecule has 8 aromatic rings. The van der Waals surface area contributed by atoms with Gasteiger partial charge < -0.3 is 57.8 Å². The minimum Gasteiger partial charge on any atom is -0.459 e. The van der Waals surface area contributed by atoms with Gasteiger partial charge in [0.15, 0.2) is 23.9 Å². The molecule has 8 atom stereocenters. The van der Waals surface area contributed by atoms with Crippen LogP contribution in [-0.2, 0) is 61.2 Å². The first-order valence-corrected chi connectivity index (χ1v) is 43.0. The van der Waals surface area contributed by atoms with Crippen LogP contribution in [0.3, 0.4) is 0 Å². The molecule has 94 heavy (non-hydrogen) atoms. The minimum atomic E-state index is -3.49. The summed E-state index contributed by atoms with van der Waals surface area (Å²) in [6.07, 6.45) is 0.644. The summed E-state index contributed by atoms with van der Waals surface area (Å²) in [5.74, 6) is 0. The zero-order valence-corrected chi connectivity index (χ0v) is 62.3. The van der Waals surface area contributed by atoms with Gasteiger partial charge in [0.25, 0.3) is 0 Å². The maximum Gasteiger partial charge on any atom is 0.488 e. The molecule has 4 aromatic heterocycles. The smallest absolute Gasteiger partial charge is 0.459 e. The van der Waals surface area contributed by atoms with Crippen molar-refractivity contribution in [1.29, 1.82) is 0 Å². The number of hydrogen-bond donors (Lipinski definition) is 3. The highest BCUT2D eigenvalue weighted by molar-refractivity contribution is 14.1. The molecule has 4 aliphatic heterocycles. The molecule has 4 aliphatic rings. The molecule has 0 radical (unpaired) electrons. The van der Waals surface area contributed by atoms with Crippen molar-refractivity contribution in [1.82, 2.24) is 29.1 Å². The van der Waals surface area contributed by atoms with Crippen molar-refractivity contribution in [3.63, 3.8) is 0 Å². The van der Waals surface area contributed by atoms with Gasteiger partial charge in [-0.05, 0) is 98.1 Å². The highest BCUT2D eigenvalue weighted by Gasteiger charge is 2.41. The maximum absolute atomic E-state index is 12.0. The molecule has 0 aliphatic carbocycles. The number of halogens is 5. The van der Waals surface area contributed by atoms with E-state index in [0.29, 0.717) is 105 Å². The first-order valence-electron chi connectivity index (χ1n) is 30.0. The van der Waals surface area contributed by atoms with Crippen LogP contribution in [-0.4, -0.2) is 158 Å². The number of fused-ring (bicyclic) bond motifs is 4. The van der Waals surface area contributed by atoms with Crippen molar-refractivity contribution < 1.29 is 66.2 Å². The Morgan fingerprint density at radius 2 is 1.07 bits per heavy atom. The van der Waals surface area contributed by atoms with Crippen molar-refractivity contribution in [2.24, 2.45) is 0 Å². The molecule has 2 unspecified atom stereocenters. The molecule has 8 heterocycles. The monoisotopic (exact) mass is 1670 g/mol. The molecular weight excluding hydrogens is 1590 g/mol. The molecule has 510 valence electrons. The van der Waals surface area contributed by atoms with Crippen LogP contribution >= 0.6 is 84.3 Å². The van der Waals surface area contributed by atoms with Gasteiger partial charge in [-0.25, -0.2) is 18.4 Å². The molecule has 0 saturated carbocycles. The fourth-order valence-electron chi connectivity index (χ4n) is 9.95. The van der Waals surface area contributed by atoms with Crippen LogP contribution in [0.2, 0.25) is 61.4 Å². The topological polar surface area (TPSA) is 239 Å². The van der Waals surface area contributed by atoms with E-state index >= 15 is 0 Å². The predicted molar refractivity (Wildman–Crippen MR) is 394 cm³/mol. The second-order valence-corrected chi connectivity index (χ2v) is 41.9. The fraction of sp³-hybridized carbons (Fsp3) is 0.446. The van der Waals surface area contributed by atoms with Gasteiger partial charge >= 0.3 is 13.1 Å². The molecule has 4 fully saturated rings. The number of benzene rings is 4. The van der Waals surface area contributed by atoms with Crippen molar-refractivity contribution in [3.8, 4) is 17.1 Å². The molecule has 0 amide bonds. The van der Waals surface area contributed by atoms with Crippen molar-refractivity contribution in [2.45, 2.75) is 147 Å². The van der Waals surface area contributed by atoms with Gasteiger partial charge in [-0.15, -0.1) is 0 Å². The van der Waals surface area contributed by atoms with Gasteiger partial charge in [-0.3, -0.25) is 9.13 Å². The molecule has 20 nitrogen and oxygen atoms in total. The van der Waals surface area contributed by atoms with Gasteiger partial charge in [0.1, 0.15) is 39.2 Å². The molecule has 4 saturated heterocycles. The predicted octanol–water partition coefficient (Wildman–Crippen LogP) is 13.4. The Labute approximate surface area is 599 Å². The van der Waals surface area contributed by atoms with E-state index in [9.17, 15) is 13.5 Å². The van der Waals surface area contributed by atoms with E-state index in [0.717, 1.165) is 50.6 Å². The van der Waals surface area contributed by atoms with E-state index in [1.165, 1.54) is 4.57 Å². The third-order valence-electron chi connectivity index (χ3n) is 15.0. The van der Waals surface area contributed by atoms with Crippen LogP contribution in [0.1, 0.15) is 51.4 Å². The van der Waals surface area contributed by atoms with Gasteiger partial charge in [-0.1, -0.05) is 190 Å².